The first kappa shape index (κ1) is 22.8. The Hall–Kier alpha value is -3.37. The molecule has 170 valence electrons. The fourth-order valence-electron chi connectivity index (χ4n) is 3.69. The monoisotopic (exact) mass is 484 g/mol. The number of benzene rings is 2. The highest BCUT2D eigenvalue weighted by Crippen LogP contribution is 2.47. The van der Waals surface area contributed by atoms with Gasteiger partial charge in [-0.05, 0) is 25.1 Å². The van der Waals surface area contributed by atoms with Crippen molar-refractivity contribution in [1.29, 1.82) is 0 Å². The molecule has 0 atom stereocenters. The number of thioether (sulfide) groups is 1. The molecular formula is C23H20N2O6S2. The third-order valence-corrected chi connectivity index (χ3v) is 6.51. The molecule has 0 bridgehead atoms. The Balaban J connectivity index is 1.79. The molecule has 0 saturated carbocycles. The SMILES string of the molecule is CCOC(=O)CN1C(=O)/C(=C2\SC(=S)N(c3cc(OC)ccc3OC)C2=O)c2ccccc21. The Morgan fingerprint density at radius 2 is 1.79 bits per heavy atom. The number of ether oxygens (including phenoxy) is 3. The lowest BCUT2D eigenvalue weighted by Crippen LogP contribution is -2.34. The van der Waals surface area contributed by atoms with Crippen molar-refractivity contribution in [1.82, 2.24) is 0 Å². The van der Waals surface area contributed by atoms with Gasteiger partial charge >= 0.3 is 5.97 Å². The number of anilines is 2. The average molecular weight is 485 g/mol. The minimum Gasteiger partial charge on any atom is -0.497 e. The number of fused-ring (bicyclic) bond motifs is 1. The van der Waals surface area contributed by atoms with E-state index < -0.39 is 17.8 Å². The molecule has 0 aromatic heterocycles. The molecule has 0 unspecified atom stereocenters. The van der Waals surface area contributed by atoms with Gasteiger partial charge in [0.1, 0.15) is 18.0 Å². The van der Waals surface area contributed by atoms with E-state index in [-0.39, 0.29) is 28.0 Å². The number of hydrogen-bond acceptors (Lipinski definition) is 8. The van der Waals surface area contributed by atoms with E-state index in [1.54, 1.807) is 49.4 Å². The summed E-state index contributed by atoms with van der Waals surface area (Å²) in [6.45, 7) is 1.65. The standard InChI is InChI=1S/C23H20N2O6S2/c1-4-31-18(26)12-24-15-8-6-5-7-14(15)19(21(24)27)20-22(28)25(23(32)33-20)16-11-13(29-2)9-10-17(16)30-3/h5-11H,4,12H2,1-3H3/b20-19-. The summed E-state index contributed by atoms with van der Waals surface area (Å²) in [4.78, 5) is 41.9. The number of rotatable bonds is 6. The number of thiocarbonyl (C=S) groups is 1. The fourth-order valence-corrected chi connectivity index (χ4v) is 5.05. The molecule has 4 rings (SSSR count). The molecule has 0 N–H and O–H groups in total. The Morgan fingerprint density at radius 1 is 1.03 bits per heavy atom. The molecule has 2 aliphatic rings. The molecule has 0 aliphatic carbocycles. The number of para-hydroxylation sites is 1. The van der Waals surface area contributed by atoms with Crippen molar-refractivity contribution < 1.29 is 28.6 Å². The Bertz CT molecular complexity index is 1210. The third-order valence-electron chi connectivity index (χ3n) is 5.14. The van der Waals surface area contributed by atoms with Crippen LogP contribution in [0.5, 0.6) is 11.5 Å². The van der Waals surface area contributed by atoms with E-state index in [4.69, 9.17) is 26.4 Å². The van der Waals surface area contributed by atoms with Crippen LogP contribution in [0.2, 0.25) is 0 Å². The maximum absolute atomic E-state index is 13.6. The molecule has 0 spiro atoms. The predicted molar refractivity (Wildman–Crippen MR) is 130 cm³/mol. The highest BCUT2D eigenvalue weighted by molar-refractivity contribution is 8.27. The lowest BCUT2D eigenvalue weighted by molar-refractivity contribution is -0.142. The van der Waals surface area contributed by atoms with Gasteiger partial charge in [-0.15, -0.1) is 0 Å². The van der Waals surface area contributed by atoms with E-state index >= 15 is 0 Å². The number of carbonyl (C=O) groups is 3. The molecule has 2 aliphatic heterocycles. The zero-order chi connectivity index (χ0) is 23.7. The first-order valence-electron chi connectivity index (χ1n) is 10.0. The quantitative estimate of drug-likeness (QED) is 0.351. The largest absolute Gasteiger partial charge is 0.497 e. The molecule has 2 heterocycles. The molecule has 33 heavy (non-hydrogen) atoms. The maximum Gasteiger partial charge on any atom is 0.326 e. The Kier molecular flexibility index (Phi) is 6.39. The highest BCUT2D eigenvalue weighted by atomic mass is 32.2. The van der Waals surface area contributed by atoms with E-state index in [2.05, 4.69) is 0 Å². The lowest BCUT2D eigenvalue weighted by Gasteiger charge is -2.18. The van der Waals surface area contributed by atoms with Crippen LogP contribution < -0.4 is 19.3 Å². The summed E-state index contributed by atoms with van der Waals surface area (Å²) in [5.74, 6) is -0.485. The van der Waals surface area contributed by atoms with E-state index in [0.717, 1.165) is 11.8 Å². The molecule has 1 fully saturated rings. The predicted octanol–water partition coefficient (Wildman–Crippen LogP) is 3.39. The second kappa shape index (κ2) is 9.24. The van der Waals surface area contributed by atoms with Gasteiger partial charge in [0.15, 0.2) is 4.32 Å². The maximum atomic E-state index is 13.6. The van der Waals surface area contributed by atoms with Gasteiger partial charge < -0.3 is 14.2 Å². The summed E-state index contributed by atoms with van der Waals surface area (Å²) in [6.07, 6.45) is 0. The first-order chi connectivity index (χ1) is 15.9. The molecule has 2 aromatic carbocycles. The van der Waals surface area contributed by atoms with Crippen molar-refractivity contribution in [3.63, 3.8) is 0 Å². The van der Waals surface area contributed by atoms with Crippen LogP contribution in [0.4, 0.5) is 11.4 Å². The minimum atomic E-state index is -0.532. The zero-order valence-electron chi connectivity index (χ0n) is 18.1. The highest BCUT2D eigenvalue weighted by Gasteiger charge is 2.43. The van der Waals surface area contributed by atoms with Gasteiger partial charge in [-0.3, -0.25) is 24.2 Å². The molecular weight excluding hydrogens is 464 g/mol. The van der Waals surface area contributed by atoms with Crippen LogP contribution in [0.3, 0.4) is 0 Å². The van der Waals surface area contributed by atoms with E-state index in [9.17, 15) is 14.4 Å². The van der Waals surface area contributed by atoms with Crippen LogP contribution in [-0.4, -0.2) is 49.5 Å². The zero-order valence-corrected chi connectivity index (χ0v) is 19.7. The van der Waals surface area contributed by atoms with E-state index in [1.165, 1.54) is 24.0 Å². The van der Waals surface area contributed by atoms with Crippen molar-refractivity contribution in [2.24, 2.45) is 0 Å². The van der Waals surface area contributed by atoms with Crippen molar-refractivity contribution in [3.8, 4) is 11.5 Å². The number of carbonyl (C=O) groups excluding carboxylic acids is 3. The van der Waals surface area contributed by atoms with Gasteiger partial charge in [0, 0.05) is 11.6 Å². The Labute approximate surface area is 200 Å². The van der Waals surface area contributed by atoms with Crippen LogP contribution in [-0.2, 0) is 19.1 Å². The summed E-state index contributed by atoms with van der Waals surface area (Å²) in [7, 11) is 3.01. The van der Waals surface area contributed by atoms with Crippen molar-refractivity contribution in [3.05, 3.63) is 52.9 Å². The van der Waals surface area contributed by atoms with E-state index in [0.29, 0.717) is 28.4 Å². The smallest absolute Gasteiger partial charge is 0.326 e. The summed E-state index contributed by atoms with van der Waals surface area (Å²) in [5, 5.41) is 0. The van der Waals surface area contributed by atoms with Gasteiger partial charge in [0.25, 0.3) is 11.8 Å². The number of amides is 2. The number of hydrogen-bond donors (Lipinski definition) is 0. The van der Waals surface area contributed by atoms with Crippen molar-refractivity contribution in [2.75, 3.05) is 37.2 Å². The van der Waals surface area contributed by atoms with Gasteiger partial charge in [-0.25, -0.2) is 0 Å². The van der Waals surface area contributed by atoms with Crippen molar-refractivity contribution >= 4 is 63.0 Å². The van der Waals surface area contributed by atoms with Gasteiger partial charge in [0.2, 0.25) is 0 Å². The van der Waals surface area contributed by atoms with E-state index in [1.807, 2.05) is 0 Å². The minimum absolute atomic E-state index is 0.189. The summed E-state index contributed by atoms with van der Waals surface area (Å²) < 4.78 is 16.0. The normalized spacial score (nSPS) is 17.5. The van der Waals surface area contributed by atoms with Crippen LogP contribution in [0.25, 0.3) is 5.57 Å². The van der Waals surface area contributed by atoms with Crippen molar-refractivity contribution in [2.45, 2.75) is 6.92 Å². The van der Waals surface area contributed by atoms with Crippen LogP contribution in [0.1, 0.15) is 12.5 Å². The van der Waals surface area contributed by atoms with Gasteiger partial charge in [0.05, 0.1) is 42.7 Å². The first-order valence-corrected chi connectivity index (χ1v) is 11.2. The van der Waals surface area contributed by atoms with Crippen LogP contribution in [0.15, 0.2) is 47.4 Å². The number of methoxy groups -OCH3 is 2. The average Bonchev–Trinajstić information content (AvgIpc) is 3.25. The second-order valence-corrected chi connectivity index (χ2v) is 8.61. The molecule has 8 nitrogen and oxygen atoms in total. The summed E-state index contributed by atoms with van der Waals surface area (Å²) in [6, 6.07) is 12.0. The second-order valence-electron chi connectivity index (χ2n) is 6.96. The molecule has 1 saturated heterocycles. The lowest BCUT2D eigenvalue weighted by atomic mass is 10.1. The molecule has 0 radical (unpaired) electrons. The topological polar surface area (TPSA) is 85.4 Å². The molecule has 2 aromatic rings. The Morgan fingerprint density at radius 3 is 2.48 bits per heavy atom. The fraction of sp³-hybridized carbons (Fsp3) is 0.217. The van der Waals surface area contributed by atoms with Crippen LogP contribution in [0, 0.1) is 0 Å². The van der Waals surface area contributed by atoms with Gasteiger partial charge in [-0.2, -0.15) is 0 Å². The number of nitrogens with zero attached hydrogens (tertiary/aromatic N) is 2. The summed E-state index contributed by atoms with van der Waals surface area (Å²) >= 11 is 6.54. The third kappa shape index (κ3) is 3.96. The van der Waals surface area contributed by atoms with Crippen LogP contribution >= 0.6 is 24.0 Å². The molecule has 2 amide bonds. The number of esters is 1. The van der Waals surface area contributed by atoms with Gasteiger partial charge in [-0.1, -0.05) is 42.2 Å². The summed E-state index contributed by atoms with van der Waals surface area (Å²) in [5.41, 5.74) is 1.72. The molecule has 10 heteroatoms.